The minimum Gasteiger partial charge on any atom is -0.386 e. The molecule has 3 heterocycles. The van der Waals surface area contributed by atoms with Crippen LogP contribution in [-0.4, -0.2) is 39.3 Å². The van der Waals surface area contributed by atoms with E-state index in [0.29, 0.717) is 19.0 Å². The lowest BCUT2D eigenvalue weighted by Gasteiger charge is -2.14. The lowest BCUT2D eigenvalue weighted by molar-refractivity contribution is 0.184. The van der Waals surface area contributed by atoms with Gasteiger partial charge in [0.25, 0.3) is 0 Å². The minimum atomic E-state index is -0.602. The Morgan fingerprint density at radius 2 is 2.00 bits per heavy atom. The molecule has 1 atom stereocenters. The van der Waals surface area contributed by atoms with Gasteiger partial charge in [-0.1, -0.05) is 24.3 Å². The molecule has 0 spiro atoms. The van der Waals surface area contributed by atoms with Crippen LogP contribution in [0.5, 0.6) is 0 Å². The normalized spacial score (nSPS) is 12.7. The van der Waals surface area contributed by atoms with Gasteiger partial charge in [0.05, 0.1) is 6.54 Å². The summed E-state index contributed by atoms with van der Waals surface area (Å²) in [5, 5.41) is 26.3. The number of benzene rings is 1. The number of halogens is 1. The molecule has 7 nitrogen and oxygen atoms in total. The first-order valence-electron chi connectivity index (χ1n) is 8.64. The summed E-state index contributed by atoms with van der Waals surface area (Å²) < 4.78 is 3.10. The molecule has 0 aliphatic rings. The Hall–Kier alpha value is -2.24. The van der Waals surface area contributed by atoms with E-state index in [1.165, 1.54) is 4.70 Å². The van der Waals surface area contributed by atoms with Gasteiger partial charge in [0.1, 0.15) is 6.10 Å². The Bertz CT molecular complexity index is 1060. The molecule has 28 heavy (non-hydrogen) atoms. The minimum absolute atomic E-state index is 0. The first-order valence-corrected chi connectivity index (χ1v) is 9.46. The van der Waals surface area contributed by atoms with Crippen molar-refractivity contribution in [3.05, 3.63) is 65.4 Å². The highest BCUT2D eigenvalue weighted by atomic mass is 127. The summed E-state index contributed by atoms with van der Waals surface area (Å²) in [6, 6.07) is 15.9. The van der Waals surface area contributed by atoms with E-state index in [1.807, 2.05) is 47.0 Å². The number of thiophene rings is 1. The second-order valence-electron chi connectivity index (χ2n) is 6.05. The molecule has 9 heteroatoms. The summed E-state index contributed by atoms with van der Waals surface area (Å²) in [5.41, 5.74) is 0.803. The topological polar surface area (TPSA) is 86.8 Å². The van der Waals surface area contributed by atoms with Gasteiger partial charge in [-0.3, -0.25) is 9.39 Å². The van der Waals surface area contributed by atoms with Gasteiger partial charge in [0.15, 0.2) is 17.4 Å². The quantitative estimate of drug-likeness (QED) is 0.219. The molecule has 0 aliphatic carbocycles. The summed E-state index contributed by atoms with van der Waals surface area (Å²) in [6.45, 7) is 0.844. The monoisotopic (exact) mass is 508 g/mol. The molecule has 4 rings (SSSR count). The fourth-order valence-corrected chi connectivity index (χ4v) is 3.91. The highest BCUT2D eigenvalue weighted by molar-refractivity contribution is 14.0. The maximum Gasteiger partial charge on any atom is 0.191 e. The summed E-state index contributed by atoms with van der Waals surface area (Å²) in [6.07, 6.45) is 1.32. The molecule has 0 aliphatic heterocycles. The number of aromatic nitrogens is 3. The van der Waals surface area contributed by atoms with Gasteiger partial charge in [0, 0.05) is 29.4 Å². The second kappa shape index (κ2) is 9.30. The Labute approximate surface area is 183 Å². The van der Waals surface area contributed by atoms with Crippen molar-refractivity contribution in [2.24, 2.45) is 4.99 Å². The zero-order valence-corrected chi connectivity index (χ0v) is 18.4. The van der Waals surface area contributed by atoms with E-state index in [1.54, 1.807) is 18.4 Å². The van der Waals surface area contributed by atoms with Gasteiger partial charge in [-0.15, -0.1) is 45.5 Å². The van der Waals surface area contributed by atoms with Crippen LogP contribution in [0.2, 0.25) is 0 Å². The molecule has 0 amide bonds. The van der Waals surface area contributed by atoms with E-state index in [2.05, 4.69) is 38.0 Å². The number of aliphatic hydroxyl groups excluding tert-OH is 1. The van der Waals surface area contributed by atoms with Gasteiger partial charge in [-0.05, 0) is 29.7 Å². The molecular weight excluding hydrogens is 487 g/mol. The number of pyridine rings is 1. The highest BCUT2D eigenvalue weighted by Gasteiger charge is 2.12. The average molecular weight is 508 g/mol. The number of hydrogen-bond donors (Lipinski definition) is 3. The van der Waals surface area contributed by atoms with Crippen molar-refractivity contribution in [1.82, 2.24) is 25.2 Å². The summed E-state index contributed by atoms with van der Waals surface area (Å²) in [4.78, 5) is 5.14. The predicted molar refractivity (Wildman–Crippen MR) is 123 cm³/mol. The van der Waals surface area contributed by atoms with E-state index in [-0.39, 0.29) is 24.0 Å². The Kier molecular flexibility index (Phi) is 6.81. The smallest absolute Gasteiger partial charge is 0.191 e. The first kappa shape index (κ1) is 20.5. The maximum atomic E-state index is 10.5. The lowest BCUT2D eigenvalue weighted by Crippen LogP contribution is -2.39. The van der Waals surface area contributed by atoms with E-state index in [9.17, 15) is 5.11 Å². The van der Waals surface area contributed by atoms with Crippen LogP contribution in [0.15, 0.2) is 59.7 Å². The van der Waals surface area contributed by atoms with Crippen molar-refractivity contribution in [3.8, 4) is 0 Å². The van der Waals surface area contributed by atoms with Crippen molar-refractivity contribution >= 4 is 57.0 Å². The van der Waals surface area contributed by atoms with Crippen molar-refractivity contribution < 1.29 is 5.11 Å². The van der Waals surface area contributed by atoms with Crippen LogP contribution in [0, 0.1) is 0 Å². The number of hydrogen-bond acceptors (Lipinski definition) is 5. The van der Waals surface area contributed by atoms with E-state index in [0.717, 1.165) is 21.7 Å². The van der Waals surface area contributed by atoms with Crippen molar-refractivity contribution in [3.63, 3.8) is 0 Å². The zero-order chi connectivity index (χ0) is 18.6. The zero-order valence-electron chi connectivity index (χ0n) is 15.2. The average Bonchev–Trinajstić information content (AvgIpc) is 3.32. The van der Waals surface area contributed by atoms with Gasteiger partial charge in [-0.25, -0.2) is 0 Å². The van der Waals surface area contributed by atoms with E-state index < -0.39 is 6.10 Å². The van der Waals surface area contributed by atoms with Gasteiger partial charge >= 0.3 is 0 Å². The molecule has 1 unspecified atom stereocenters. The number of rotatable bonds is 5. The molecular formula is C19H21IN6OS. The van der Waals surface area contributed by atoms with Crippen molar-refractivity contribution in [2.75, 3.05) is 13.6 Å². The second-order valence-corrected chi connectivity index (χ2v) is 7.17. The number of fused-ring (bicyclic) bond motifs is 2. The number of nitrogens with zero attached hydrogens (tertiary/aromatic N) is 4. The van der Waals surface area contributed by atoms with Gasteiger partial charge < -0.3 is 15.7 Å². The summed E-state index contributed by atoms with van der Waals surface area (Å²) >= 11 is 1.61. The molecule has 0 radical (unpaired) electrons. The number of aliphatic imine (C=N–C) groups is 1. The molecule has 0 fully saturated rings. The fraction of sp³-hybridized carbons (Fsp3) is 0.211. The van der Waals surface area contributed by atoms with Crippen molar-refractivity contribution in [1.29, 1.82) is 0 Å². The fourth-order valence-electron chi connectivity index (χ4n) is 2.86. The first-order chi connectivity index (χ1) is 13.2. The largest absolute Gasteiger partial charge is 0.386 e. The Morgan fingerprint density at radius 1 is 1.18 bits per heavy atom. The molecule has 4 aromatic rings. The van der Waals surface area contributed by atoms with Crippen LogP contribution in [0.4, 0.5) is 0 Å². The molecule has 0 saturated heterocycles. The third-order valence-corrected chi connectivity index (χ3v) is 5.48. The third kappa shape index (κ3) is 4.42. The molecule has 3 N–H and O–H groups in total. The van der Waals surface area contributed by atoms with Crippen LogP contribution in [0.3, 0.4) is 0 Å². The van der Waals surface area contributed by atoms with Crippen LogP contribution < -0.4 is 10.6 Å². The molecule has 146 valence electrons. The van der Waals surface area contributed by atoms with E-state index >= 15 is 0 Å². The van der Waals surface area contributed by atoms with E-state index in [4.69, 9.17) is 0 Å². The highest BCUT2D eigenvalue weighted by Crippen LogP contribution is 2.29. The number of nitrogens with one attached hydrogen (secondary N) is 2. The van der Waals surface area contributed by atoms with Crippen LogP contribution in [0.25, 0.3) is 15.7 Å². The van der Waals surface area contributed by atoms with Crippen molar-refractivity contribution in [2.45, 2.75) is 12.6 Å². The predicted octanol–water partition coefficient (Wildman–Crippen LogP) is 2.96. The summed E-state index contributed by atoms with van der Waals surface area (Å²) in [5.74, 6) is 1.39. The molecule has 1 aromatic carbocycles. The van der Waals surface area contributed by atoms with Gasteiger partial charge in [-0.2, -0.15) is 0 Å². The Balaban J connectivity index is 0.00000225. The lowest BCUT2D eigenvalue weighted by atomic mass is 10.2. The van der Waals surface area contributed by atoms with Crippen LogP contribution >= 0.6 is 35.3 Å². The van der Waals surface area contributed by atoms with Crippen LogP contribution in [-0.2, 0) is 6.54 Å². The summed E-state index contributed by atoms with van der Waals surface area (Å²) in [7, 11) is 1.70. The standard InChI is InChI=1S/C19H20N6OS.HI/c1-20-19(22-12-18-24-23-17-8-4-5-9-25(17)18)21-11-14(26)16-10-13-6-2-3-7-15(13)27-16;/h2-10,14,26H,11-12H2,1H3,(H2,20,21,22);1H. The third-order valence-electron chi connectivity index (χ3n) is 4.26. The van der Waals surface area contributed by atoms with Gasteiger partial charge in [0.2, 0.25) is 0 Å². The Morgan fingerprint density at radius 3 is 2.82 bits per heavy atom. The maximum absolute atomic E-state index is 10.5. The SMILES string of the molecule is CN=C(NCc1nnc2ccccn12)NCC(O)c1cc2ccccc2s1.I. The molecule has 0 bridgehead atoms. The number of guanidine groups is 1. The molecule has 0 saturated carbocycles. The van der Waals surface area contributed by atoms with Crippen LogP contribution in [0.1, 0.15) is 16.8 Å². The molecule has 3 aromatic heterocycles. The number of aliphatic hydroxyl groups is 1.